The number of halogens is 1. The van der Waals surface area contributed by atoms with E-state index in [2.05, 4.69) is 0 Å². The van der Waals surface area contributed by atoms with Crippen molar-refractivity contribution in [3.05, 3.63) is 59.4 Å². The van der Waals surface area contributed by atoms with Crippen LogP contribution in [0.25, 0.3) is 0 Å². The minimum absolute atomic E-state index is 0.000946. The molecule has 110 valence electrons. The summed E-state index contributed by atoms with van der Waals surface area (Å²) in [4.78, 5) is 12.0. The molecule has 2 aromatic rings. The van der Waals surface area contributed by atoms with E-state index in [9.17, 15) is 9.18 Å². The number of carbonyl (C=O) groups is 1. The summed E-state index contributed by atoms with van der Waals surface area (Å²) >= 11 is 0. The van der Waals surface area contributed by atoms with Gasteiger partial charge in [0, 0.05) is 18.5 Å². The molecule has 4 heteroatoms. The Morgan fingerprint density at radius 1 is 1.19 bits per heavy atom. The van der Waals surface area contributed by atoms with Crippen LogP contribution in [-0.2, 0) is 17.6 Å². The third kappa shape index (κ3) is 4.05. The molecular weight excluding hydrogens is 269 g/mol. The number of aryl methyl sites for hydroxylation is 1. The molecule has 0 aliphatic heterocycles. The average Bonchev–Trinajstić information content (AvgIpc) is 2.49. The fourth-order valence-electron chi connectivity index (χ4n) is 2.12. The zero-order valence-corrected chi connectivity index (χ0v) is 11.9. The molecule has 0 radical (unpaired) electrons. The first kappa shape index (κ1) is 15.0. The van der Waals surface area contributed by atoms with Gasteiger partial charge in [0.05, 0.1) is 7.11 Å². The molecule has 0 spiro atoms. The fraction of sp³-hybridized carbons (Fsp3) is 0.235. The highest BCUT2D eigenvalue weighted by atomic mass is 19.1. The number of ether oxygens (including phenoxy) is 1. The molecule has 0 unspecified atom stereocenters. The van der Waals surface area contributed by atoms with Crippen molar-refractivity contribution in [3.63, 3.8) is 0 Å². The van der Waals surface area contributed by atoms with Crippen molar-refractivity contribution < 1.29 is 13.9 Å². The quantitative estimate of drug-likeness (QED) is 0.830. The van der Waals surface area contributed by atoms with E-state index >= 15 is 0 Å². The number of ketones is 1. The standard InChI is InChI=1S/C17H18FNO2/c1-21-16-4-2-3-13(17(16)18)11-15(20)10-7-12-5-8-14(19)9-6-12/h2-6,8-9H,7,10-11,19H2,1H3. The van der Waals surface area contributed by atoms with Crippen molar-refractivity contribution in [1.29, 1.82) is 0 Å². The van der Waals surface area contributed by atoms with Crippen LogP contribution in [0.4, 0.5) is 10.1 Å². The molecule has 3 nitrogen and oxygen atoms in total. The van der Waals surface area contributed by atoms with Crippen molar-refractivity contribution in [1.82, 2.24) is 0 Å². The Hall–Kier alpha value is -2.36. The van der Waals surface area contributed by atoms with E-state index in [1.165, 1.54) is 13.2 Å². The molecule has 0 saturated heterocycles. The number of nitrogen functional groups attached to an aromatic ring is 1. The predicted molar refractivity (Wildman–Crippen MR) is 80.8 cm³/mol. The third-order valence-electron chi connectivity index (χ3n) is 3.32. The Balaban J connectivity index is 1.94. The maximum atomic E-state index is 13.9. The number of hydrogen-bond donors (Lipinski definition) is 1. The first-order valence-electron chi connectivity index (χ1n) is 6.77. The molecular formula is C17H18FNO2. The number of rotatable bonds is 6. The van der Waals surface area contributed by atoms with Gasteiger partial charge in [-0.05, 0) is 35.7 Å². The molecule has 21 heavy (non-hydrogen) atoms. The lowest BCUT2D eigenvalue weighted by Gasteiger charge is -2.07. The molecule has 0 saturated carbocycles. The van der Waals surface area contributed by atoms with Gasteiger partial charge in [-0.15, -0.1) is 0 Å². The highest BCUT2D eigenvalue weighted by Gasteiger charge is 2.12. The summed E-state index contributed by atoms with van der Waals surface area (Å²) in [6.07, 6.45) is 1.09. The van der Waals surface area contributed by atoms with Gasteiger partial charge in [0.25, 0.3) is 0 Å². The van der Waals surface area contributed by atoms with Gasteiger partial charge < -0.3 is 10.5 Å². The van der Waals surface area contributed by atoms with Gasteiger partial charge >= 0.3 is 0 Å². The van der Waals surface area contributed by atoms with Gasteiger partial charge in [-0.1, -0.05) is 24.3 Å². The third-order valence-corrected chi connectivity index (χ3v) is 3.32. The second kappa shape index (κ2) is 6.88. The van der Waals surface area contributed by atoms with Crippen molar-refractivity contribution in [2.45, 2.75) is 19.3 Å². The maximum absolute atomic E-state index is 13.9. The summed E-state index contributed by atoms with van der Waals surface area (Å²) in [6, 6.07) is 12.2. The molecule has 0 aromatic heterocycles. The second-order valence-corrected chi connectivity index (χ2v) is 4.89. The summed E-state index contributed by atoms with van der Waals surface area (Å²) in [6.45, 7) is 0. The van der Waals surface area contributed by atoms with E-state index in [0.29, 0.717) is 24.1 Å². The van der Waals surface area contributed by atoms with E-state index in [4.69, 9.17) is 10.5 Å². The molecule has 0 fully saturated rings. The van der Waals surface area contributed by atoms with E-state index < -0.39 is 5.82 Å². The summed E-state index contributed by atoms with van der Waals surface area (Å²) in [5.41, 5.74) is 7.72. The van der Waals surface area contributed by atoms with Crippen LogP contribution in [0.15, 0.2) is 42.5 Å². The number of nitrogens with two attached hydrogens (primary N) is 1. The minimum atomic E-state index is -0.458. The number of anilines is 1. The Morgan fingerprint density at radius 2 is 1.90 bits per heavy atom. The molecule has 0 aliphatic rings. The number of carbonyl (C=O) groups excluding carboxylic acids is 1. The van der Waals surface area contributed by atoms with Gasteiger partial charge in [0.15, 0.2) is 11.6 Å². The summed E-state index contributed by atoms with van der Waals surface area (Å²) in [5, 5.41) is 0. The van der Waals surface area contributed by atoms with Gasteiger partial charge in [-0.25, -0.2) is 4.39 Å². The lowest BCUT2D eigenvalue weighted by molar-refractivity contribution is -0.118. The first-order chi connectivity index (χ1) is 10.1. The summed E-state index contributed by atoms with van der Waals surface area (Å²) < 4.78 is 18.9. The van der Waals surface area contributed by atoms with Crippen LogP contribution in [0.1, 0.15) is 17.5 Å². The molecule has 0 heterocycles. The lowest BCUT2D eigenvalue weighted by atomic mass is 10.0. The van der Waals surface area contributed by atoms with Crippen LogP contribution in [-0.4, -0.2) is 12.9 Å². The summed E-state index contributed by atoms with van der Waals surface area (Å²) in [7, 11) is 1.41. The normalized spacial score (nSPS) is 10.4. The number of methoxy groups -OCH3 is 1. The topological polar surface area (TPSA) is 52.3 Å². The Kier molecular flexibility index (Phi) is 4.93. The van der Waals surface area contributed by atoms with Gasteiger partial charge in [0.2, 0.25) is 0 Å². The van der Waals surface area contributed by atoms with E-state index in [-0.39, 0.29) is 18.0 Å². The first-order valence-corrected chi connectivity index (χ1v) is 6.77. The predicted octanol–water partition coefficient (Wildman–Crippen LogP) is 3.16. The zero-order chi connectivity index (χ0) is 15.2. The fourth-order valence-corrected chi connectivity index (χ4v) is 2.12. The number of benzene rings is 2. The minimum Gasteiger partial charge on any atom is -0.494 e. The average molecular weight is 287 g/mol. The van der Waals surface area contributed by atoms with Crippen molar-refractivity contribution >= 4 is 11.5 Å². The van der Waals surface area contributed by atoms with Crippen LogP contribution in [0.5, 0.6) is 5.75 Å². The van der Waals surface area contributed by atoms with Gasteiger partial charge in [-0.3, -0.25) is 4.79 Å². The molecule has 0 bridgehead atoms. The number of Topliss-reactive ketones (excluding diaryl/α,β-unsaturated/α-hetero) is 1. The Morgan fingerprint density at radius 3 is 2.57 bits per heavy atom. The van der Waals surface area contributed by atoms with Crippen molar-refractivity contribution in [2.75, 3.05) is 12.8 Å². The molecule has 2 N–H and O–H groups in total. The Labute approximate surface area is 123 Å². The molecule has 2 aromatic carbocycles. The van der Waals surface area contributed by atoms with Crippen LogP contribution in [0.2, 0.25) is 0 Å². The SMILES string of the molecule is COc1cccc(CC(=O)CCc2ccc(N)cc2)c1F. The molecule has 2 rings (SSSR count). The zero-order valence-electron chi connectivity index (χ0n) is 11.9. The molecule has 0 amide bonds. The molecule has 0 atom stereocenters. The van der Waals surface area contributed by atoms with Crippen molar-refractivity contribution in [2.24, 2.45) is 0 Å². The van der Waals surface area contributed by atoms with Crippen LogP contribution in [0, 0.1) is 5.82 Å². The van der Waals surface area contributed by atoms with E-state index in [1.807, 2.05) is 24.3 Å². The monoisotopic (exact) mass is 287 g/mol. The maximum Gasteiger partial charge on any atom is 0.168 e. The highest BCUT2D eigenvalue weighted by molar-refractivity contribution is 5.81. The Bertz CT molecular complexity index is 623. The highest BCUT2D eigenvalue weighted by Crippen LogP contribution is 2.21. The largest absolute Gasteiger partial charge is 0.494 e. The lowest BCUT2D eigenvalue weighted by Crippen LogP contribution is -2.06. The number of hydrogen-bond acceptors (Lipinski definition) is 3. The van der Waals surface area contributed by atoms with Crippen molar-refractivity contribution in [3.8, 4) is 5.75 Å². The van der Waals surface area contributed by atoms with Crippen LogP contribution < -0.4 is 10.5 Å². The summed E-state index contributed by atoms with van der Waals surface area (Å²) in [5.74, 6) is -0.293. The van der Waals surface area contributed by atoms with Crippen LogP contribution in [0.3, 0.4) is 0 Å². The van der Waals surface area contributed by atoms with Gasteiger partial charge in [-0.2, -0.15) is 0 Å². The van der Waals surface area contributed by atoms with Gasteiger partial charge in [0.1, 0.15) is 5.78 Å². The van der Waals surface area contributed by atoms with E-state index in [0.717, 1.165) is 5.56 Å². The van der Waals surface area contributed by atoms with Crippen LogP contribution >= 0.6 is 0 Å². The van der Waals surface area contributed by atoms with E-state index in [1.54, 1.807) is 12.1 Å². The molecule has 0 aliphatic carbocycles. The second-order valence-electron chi connectivity index (χ2n) is 4.89. The smallest absolute Gasteiger partial charge is 0.168 e.